The maximum atomic E-state index is 14.5. The minimum Gasteiger partial charge on any atom is -0.336 e. The summed E-state index contributed by atoms with van der Waals surface area (Å²) in [6.07, 6.45) is 2.72. The molecular weight excluding hydrogens is 615 g/mol. The monoisotopic (exact) mass is 649 g/mol. The molecule has 3 heterocycles. The number of benzene rings is 3. The highest BCUT2D eigenvalue weighted by molar-refractivity contribution is 5.95. The summed E-state index contributed by atoms with van der Waals surface area (Å²) in [4.78, 5) is 36.3. The molecule has 2 amide bonds. The lowest BCUT2D eigenvalue weighted by Crippen LogP contribution is -2.52. The highest BCUT2D eigenvalue weighted by Gasteiger charge is 2.35. The molecule has 5 aromatic rings. The molecule has 10 heteroatoms. The average molecular weight is 650 g/mol. The summed E-state index contributed by atoms with van der Waals surface area (Å²) in [5.74, 6) is -0.646. The predicted octanol–water partition coefficient (Wildman–Crippen LogP) is 6.74. The summed E-state index contributed by atoms with van der Waals surface area (Å²) >= 11 is 0. The van der Waals surface area contributed by atoms with Crippen molar-refractivity contribution in [3.63, 3.8) is 0 Å². The zero-order valence-electron chi connectivity index (χ0n) is 26.3. The van der Waals surface area contributed by atoms with E-state index in [1.807, 2.05) is 66.7 Å². The summed E-state index contributed by atoms with van der Waals surface area (Å²) in [7, 11) is 1.79. The van der Waals surface area contributed by atoms with Crippen molar-refractivity contribution in [2.75, 3.05) is 6.54 Å². The molecule has 0 unspecified atom stereocenters. The van der Waals surface area contributed by atoms with Crippen LogP contribution in [0.15, 0.2) is 116 Å². The van der Waals surface area contributed by atoms with Crippen molar-refractivity contribution in [3.05, 3.63) is 149 Å². The van der Waals surface area contributed by atoms with Crippen molar-refractivity contribution in [3.8, 4) is 11.3 Å². The van der Waals surface area contributed by atoms with E-state index in [-0.39, 0.29) is 18.9 Å². The number of hydrogen-bond acceptors (Lipinski definition) is 4. The van der Waals surface area contributed by atoms with E-state index < -0.39 is 23.7 Å². The third kappa shape index (κ3) is 7.71. The molecule has 0 N–H and O–H groups in total. The van der Waals surface area contributed by atoms with E-state index in [1.165, 1.54) is 34.7 Å². The van der Waals surface area contributed by atoms with E-state index in [4.69, 9.17) is 0 Å². The number of carbonyl (C=O) groups excluding carboxylic acids is 2. The Labute approximate surface area is 277 Å². The molecule has 0 fully saturated rings. The standard InChI is InChI=1S/C38H34F3N5O2/c1-44-22-20-33(43-44)24-35(37(48)45-23-19-29-6-2-3-7-31(29)26-45)46(25-28-9-14-30(15-10-28)34-8-4-5-21-42-34)36(47)18-13-27-11-16-32(17-12-27)38(39,40)41/h2-18,20-22,35H,19,23-26H2,1H3/b18-13+/t35-/m0/s1. The molecule has 0 saturated heterocycles. The molecule has 7 nitrogen and oxygen atoms in total. The quantitative estimate of drug-likeness (QED) is 0.166. The van der Waals surface area contributed by atoms with Gasteiger partial charge in [-0.05, 0) is 65.1 Å². The first-order valence-electron chi connectivity index (χ1n) is 15.6. The first kappa shape index (κ1) is 32.4. The molecule has 0 radical (unpaired) electrons. The fourth-order valence-corrected chi connectivity index (χ4v) is 5.89. The van der Waals surface area contributed by atoms with Gasteiger partial charge in [0.1, 0.15) is 6.04 Å². The normalized spacial score (nSPS) is 13.7. The zero-order valence-corrected chi connectivity index (χ0v) is 26.3. The molecule has 0 aliphatic carbocycles. The molecule has 0 spiro atoms. The Hall–Kier alpha value is -5.51. The number of amides is 2. The predicted molar refractivity (Wildman–Crippen MR) is 177 cm³/mol. The van der Waals surface area contributed by atoms with Crippen molar-refractivity contribution in [1.29, 1.82) is 0 Å². The molecule has 0 bridgehead atoms. The number of aryl methyl sites for hydroxylation is 1. The molecule has 1 atom stereocenters. The van der Waals surface area contributed by atoms with Gasteiger partial charge in [0.15, 0.2) is 0 Å². The molecule has 0 saturated carbocycles. The van der Waals surface area contributed by atoms with Crippen molar-refractivity contribution in [2.45, 2.75) is 38.1 Å². The van der Waals surface area contributed by atoms with Gasteiger partial charge in [0.2, 0.25) is 11.8 Å². The molecule has 2 aromatic heterocycles. The summed E-state index contributed by atoms with van der Waals surface area (Å²) in [6, 6.07) is 26.9. The summed E-state index contributed by atoms with van der Waals surface area (Å²) in [5.41, 5.74) is 5.10. The second-order valence-corrected chi connectivity index (χ2v) is 11.8. The van der Waals surface area contributed by atoms with E-state index in [1.54, 1.807) is 29.0 Å². The summed E-state index contributed by atoms with van der Waals surface area (Å²) in [6.45, 7) is 1.05. The highest BCUT2D eigenvalue weighted by Crippen LogP contribution is 2.29. The van der Waals surface area contributed by atoms with Crippen LogP contribution in [0.3, 0.4) is 0 Å². The molecule has 48 heavy (non-hydrogen) atoms. The number of nitrogens with zero attached hydrogens (tertiary/aromatic N) is 5. The second-order valence-electron chi connectivity index (χ2n) is 11.8. The number of fused-ring (bicyclic) bond motifs is 1. The van der Waals surface area contributed by atoms with Crippen molar-refractivity contribution >= 4 is 17.9 Å². The van der Waals surface area contributed by atoms with Crippen molar-refractivity contribution in [2.24, 2.45) is 7.05 Å². The van der Waals surface area contributed by atoms with Crippen LogP contribution in [0, 0.1) is 0 Å². The maximum absolute atomic E-state index is 14.5. The first-order valence-corrected chi connectivity index (χ1v) is 15.6. The van der Waals surface area contributed by atoms with Crippen molar-refractivity contribution < 1.29 is 22.8 Å². The van der Waals surface area contributed by atoms with E-state index in [9.17, 15) is 22.8 Å². The molecule has 3 aromatic carbocycles. The highest BCUT2D eigenvalue weighted by atomic mass is 19.4. The molecule has 6 rings (SSSR count). The Morgan fingerprint density at radius 3 is 2.31 bits per heavy atom. The van der Waals surface area contributed by atoms with Crippen LogP contribution >= 0.6 is 0 Å². The van der Waals surface area contributed by atoms with E-state index in [0.29, 0.717) is 30.8 Å². The Kier molecular flexibility index (Phi) is 9.52. The minimum absolute atomic E-state index is 0.117. The van der Waals surface area contributed by atoms with Crippen LogP contribution in [0.1, 0.15) is 33.5 Å². The van der Waals surface area contributed by atoms with Crippen LogP contribution < -0.4 is 0 Å². The van der Waals surface area contributed by atoms with Gasteiger partial charge in [-0.15, -0.1) is 0 Å². The lowest BCUT2D eigenvalue weighted by atomic mass is 9.98. The second kappa shape index (κ2) is 14.1. The molecule has 1 aliphatic rings. The Balaban J connectivity index is 1.33. The average Bonchev–Trinajstić information content (AvgIpc) is 3.52. The van der Waals surface area contributed by atoms with Gasteiger partial charge >= 0.3 is 6.18 Å². The number of aromatic nitrogens is 3. The Morgan fingerprint density at radius 1 is 0.917 bits per heavy atom. The van der Waals surface area contributed by atoms with E-state index in [0.717, 1.165) is 34.5 Å². The van der Waals surface area contributed by atoms with Gasteiger partial charge in [-0.3, -0.25) is 19.3 Å². The zero-order chi connectivity index (χ0) is 33.7. The SMILES string of the molecule is Cn1ccc(C[C@@H](C(=O)N2CCc3ccccc3C2)N(Cc2ccc(-c3ccccn3)cc2)C(=O)/C=C/c2ccc(C(F)(F)F)cc2)n1. The fourth-order valence-electron chi connectivity index (χ4n) is 5.89. The van der Waals surface area contributed by atoms with Gasteiger partial charge in [-0.25, -0.2) is 0 Å². The van der Waals surface area contributed by atoms with Gasteiger partial charge in [-0.2, -0.15) is 18.3 Å². The molecule has 1 aliphatic heterocycles. The maximum Gasteiger partial charge on any atom is 0.416 e. The Bertz CT molecular complexity index is 1900. The number of hydrogen-bond donors (Lipinski definition) is 0. The van der Waals surface area contributed by atoms with Crippen LogP contribution in [0.5, 0.6) is 0 Å². The van der Waals surface area contributed by atoms with Gasteiger partial charge in [0.05, 0.1) is 17.0 Å². The number of pyridine rings is 1. The van der Waals surface area contributed by atoms with Crippen LogP contribution in [0.4, 0.5) is 13.2 Å². The fraction of sp³-hybridized carbons (Fsp3) is 0.211. The molecular formula is C38H34F3N5O2. The number of carbonyl (C=O) groups is 2. The topological polar surface area (TPSA) is 71.3 Å². The minimum atomic E-state index is -4.46. The summed E-state index contributed by atoms with van der Waals surface area (Å²) in [5, 5.41) is 4.52. The van der Waals surface area contributed by atoms with Gasteiger partial charge in [-0.1, -0.05) is 66.7 Å². The smallest absolute Gasteiger partial charge is 0.336 e. The van der Waals surface area contributed by atoms with Gasteiger partial charge in [0, 0.05) is 57.1 Å². The number of halogens is 3. The van der Waals surface area contributed by atoms with Crippen LogP contribution in [0.2, 0.25) is 0 Å². The third-order valence-corrected chi connectivity index (χ3v) is 8.48. The Morgan fingerprint density at radius 2 is 1.65 bits per heavy atom. The lowest BCUT2D eigenvalue weighted by Gasteiger charge is -2.36. The third-order valence-electron chi connectivity index (χ3n) is 8.48. The number of rotatable bonds is 9. The summed E-state index contributed by atoms with van der Waals surface area (Å²) < 4.78 is 41.0. The lowest BCUT2D eigenvalue weighted by molar-refractivity contribution is -0.144. The van der Waals surface area contributed by atoms with E-state index >= 15 is 0 Å². The van der Waals surface area contributed by atoms with Gasteiger partial charge < -0.3 is 9.80 Å². The van der Waals surface area contributed by atoms with Gasteiger partial charge in [0.25, 0.3) is 0 Å². The van der Waals surface area contributed by atoms with Crippen LogP contribution in [-0.2, 0) is 48.7 Å². The number of alkyl halides is 3. The molecule has 244 valence electrons. The van der Waals surface area contributed by atoms with Crippen LogP contribution in [-0.4, -0.2) is 49.0 Å². The van der Waals surface area contributed by atoms with E-state index in [2.05, 4.69) is 16.1 Å². The van der Waals surface area contributed by atoms with Crippen molar-refractivity contribution in [1.82, 2.24) is 24.6 Å². The largest absolute Gasteiger partial charge is 0.416 e. The first-order chi connectivity index (χ1) is 23.1. The van der Waals surface area contributed by atoms with Crippen LogP contribution in [0.25, 0.3) is 17.3 Å².